The average molecular weight is 322 g/mol. The van der Waals surface area contributed by atoms with E-state index in [1.807, 2.05) is 0 Å². The summed E-state index contributed by atoms with van der Waals surface area (Å²) in [6, 6.07) is 3.18. The summed E-state index contributed by atoms with van der Waals surface area (Å²) in [5.74, 6) is -2.67. The van der Waals surface area contributed by atoms with Crippen LogP contribution in [-0.4, -0.2) is 48.1 Å². The zero-order valence-electron chi connectivity index (χ0n) is 12.6. The Kier molecular flexibility index (Phi) is 4.10. The van der Waals surface area contributed by atoms with E-state index >= 15 is 0 Å². The van der Waals surface area contributed by atoms with Gasteiger partial charge in [0.1, 0.15) is 23.0 Å². The summed E-state index contributed by atoms with van der Waals surface area (Å²) in [6.07, 6.45) is -1.88. The zero-order chi connectivity index (χ0) is 17.5. The highest BCUT2D eigenvalue weighted by Crippen LogP contribution is 2.45. The van der Waals surface area contributed by atoms with E-state index in [2.05, 4.69) is 0 Å². The second kappa shape index (κ2) is 5.60. The minimum absolute atomic E-state index is 0.193. The third-order valence-corrected chi connectivity index (χ3v) is 3.69. The molecule has 7 nitrogen and oxygen atoms in total. The van der Waals surface area contributed by atoms with Gasteiger partial charge in [-0.3, -0.25) is 4.79 Å². The molecule has 0 radical (unpaired) electrons. The molecule has 0 aliphatic carbocycles. The maximum atomic E-state index is 12.2. The van der Waals surface area contributed by atoms with Gasteiger partial charge in [0.15, 0.2) is 5.78 Å². The maximum absolute atomic E-state index is 12.2. The van der Waals surface area contributed by atoms with E-state index in [4.69, 9.17) is 0 Å². The molecule has 7 heteroatoms. The molecule has 0 heterocycles. The largest absolute Gasteiger partial charge is 0.507 e. The zero-order valence-corrected chi connectivity index (χ0v) is 12.6. The Hall–Kier alpha value is -2.51. The van der Waals surface area contributed by atoms with Crippen LogP contribution in [0.2, 0.25) is 0 Å². The third kappa shape index (κ3) is 3.01. The maximum Gasteiger partial charge on any atom is 0.169 e. The smallest absolute Gasteiger partial charge is 0.169 e. The van der Waals surface area contributed by atoms with Gasteiger partial charge >= 0.3 is 0 Å². The summed E-state index contributed by atoms with van der Waals surface area (Å²) in [7, 11) is 0. The molecule has 124 valence electrons. The number of carbonyl (C=O) groups excluding carboxylic acids is 1. The van der Waals surface area contributed by atoms with E-state index in [0.717, 1.165) is 18.2 Å². The van der Waals surface area contributed by atoms with Crippen molar-refractivity contribution in [2.45, 2.75) is 32.0 Å². The third-order valence-electron chi connectivity index (χ3n) is 3.69. The fourth-order valence-electron chi connectivity index (χ4n) is 2.24. The fourth-order valence-corrected chi connectivity index (χ4v) is 2.24. The van der Waals surface area contributed by atoms with Gasteiger partial charge in [0, 0.05) is 6.42 Å². The fraction of sp³-hybridized carbons (Fsp3) is 0.312. The number of aliphatic hydroxyl groups is 2. The number of carbonyl (C=O) groups is 1. The summed E-state index contributed by atoms with van der Waals surface area (Å²) in [6.45, 7) is 2.65. The van der Waals surface area contributed by atoms with Gasteiger partial charge in [-0.2, -0.15) is 0 Å². The number of hydrogen-bond acceptors (Lipinski definition) is 7. The average Bonchev–Trinajstić information content (AvgIpc) is 2.44. The van der Waals surface area contributed by atoms with E-state index in [9.17, 15) is 35.4 Å². The number of phenols is 4. The molecule has 2 aromatic carbocycles. The number of aliphatic hydroxyl groups excluding tert-OH is 1. The highest BCUT2D eigenvalue weighted by Gasteiger charge is 2.29. The van der Waals surface area contributed by atoms with Gasteiger partial charge in [0.2, 0.25) is 0 Å². The van der Waals surface area contributed by atoms with E-state index in [1.165, 1.54) is 13.8 Å². The Morgan fingerprint density at radius 1 is 1.04 bits per heavy atom. The first-order valence-electron chi connectivity index (χ1n) is 6.87. The number of benzene rings is 2. The summed E-state index contributed by atoms with van der Waals surface area (Å²) >= 11 is 0. The molecular formula is C16H18O7. The lowest BCUT2D eigenvalue weighted by atomic mass is 9.92. The lowest BCUT2D eigenvalue weighted by molar-refractivity contribution is -0.0474. The number of Topliss-reactive ketones (excluding diaryl/α,β-unsaturated/α-hetero) is 1. The molecule has 1 atom stereocenters. The molecular weight excluding hydrogens is 304 g/mol. The van der Waals surface area contributed by atoms with Crippen LogP contribution < -0.4 is 0 Å². The minimum Gasteiger partial charge on any atom is -0.507 e. The molecule has 2 aromatic rings. The van der Waals surface area contributed by atoms with Gasteiger partial charge in [0.05, 0.1) is 28.0 Å². The normalized spacial score (nSPS) is 13.2. The second-order valence-corrected chi connectivity index (χ2v) is 5.94. The molecule has 1 unspecified atom stereocenters. The van der Waals surface area contributed by atoms with Crippen LogP contribution >= 0.6 is 0 Å². The van der Waals surface area contributed by atoms with Gasteiger partial charge in [-0.1, -0.05) is 0 Å². The Balaban J connectivity index is 2.57. The Morgan fingerprint density at radius 2 is 1.57 bits per heavy atom. The SMILES string of the molecule is CC(C)(O)C(O)CC(=O)c1cc(O)c2c(O)ccc(O)c2c1O. The Labute approximate surface area is 131 Å². The van der Waals surface area contributed by atoms with Gasteiger partial charge in [-0.15, -0.1) is 0 Å². The monoisotopic (exact) mass is 322 g/mol. The molecule has 0 aromatic heterocycles. The van der Waals surface area contributed by atoms with Crippen LogP contribution in [0, 0.1) is 0 Å². The van der Waals surface area contributed by atoms with E-state index < -0.39 is 41.2 Å². The predicted molar refractivity (Wildman–Crippen MR) is 81.9 cm³/mol. The highest BCUT2D eigenvalue weighted by atomic mass is 16.3. The number of fused-ring (bicyclic) bond motifs is 1. The van der Waals surface area contributed by atoms with Crippen molar-refractivity contribution in [3.05, 3.63) is 23.8 Å². The molecule has 0 spiro atoms. The molecule has 0 aliphatic heterocycles. The van der Waals surface area contributed by atoms with Crippen molar-refractivity contribution < 1.29 is 35.4 Å². The molecule has 6 N–H and O–H groups in total. The molecule has 0 aliphatic rings. The van der Waals surface area contributed by atoms with E-state index in [1.54, 1.807) is 0 Å². The predicted octanol–water partition coefficient (Wildman–Crippen LogP) is 1.37. The van der Waals surface area contributed by atoms with Crippen LogP contribution in [0.4, 0.5) is 0 Å². The number of rotatable bonds is 4. The van der Waals surface area contributed by atoms with Crippen LogP contribution in [0.15, 0.2) is 18.2 Å². The number of hydrogen-bond donors (Lipinski definition) is 6. The van der Waals surface area contributed by atoms with Crippen molar-refractivity contribution in [1.82, 2.24) is 0 Å². The number of aromatic hydroxyl groups is 4. The van der Waals surface area contributed by atoms with Crippen LogP contribution in [0.1, 0.15) is 30.6 Å². The summed E-state index contributed by atoms with van der Waals surface area (Å²) in [4.78, 5) is 12.2. The number of ketones is 1. The van der Waals surface area contributed by atoms with Crippen molar-refractivity contribution in [1.29, 1.82) is 0 Å². The minimum atomic E-state index is -1.52. The van der Waals surface area contributed by atoms with E-state index in [-0.39, 0.29) is 22.1 Å². The molecule has 0 saturated carbocycles. The molecule has 23 heavy (non-hydrogen) atoms. The van der Waals surface area contributed by atoms with Crippen molar-refractivity contribution in [3.8, 4) is 23.0 Å². The van der Waals surface area contributed by atoms with Crippen molar-refractivity contribution in [3.63, 3.8) is 0 Å². The van der Waals surface area contributed by atoms with Gasteiger partial charge < -0.3 is 30.6 Å². The summed E-state index contributed by atoms with van der Waals surface area (Å²) in [5.41, 5.74) is -1.86. The van der Waals surface area contributed by atoms with E-state index in [0.29, 0.717) is 0 Å². The lowest BCUT2D eigenvalue weighted by Gasteiger charge is -2.24. The van der Waals surface area contributed by atoms with Crippen LogP contribution in [0.25, 0.3) is 10.8 Å². The molecule has 0 saturated heterocycles. The topological polar surface area (TPSA) is 138 Å². The van der Waals surface area contributed by atoms with Gasteiger partial charge in [-0.25, -0.2) is 0 Å². The first-order valence-corrected chi connectivity index (χ1v) is 6.87. The molecule has 0 fully saturated rings. The standard InChI is InChI=1S/C16H18O7/c1-16(2,23)12(21)6-10(19)7-5-11(20)13-8(17)3-4-9(18)14(13)15(7)22/h3-5,12,17-18,20-23H,6H2,1-2H3. The van der Waals surface area contributed by atoms with Crippen molar-refractivity contribution in [2.24, 2.45) is 0 Å². The lowest BCUT2D eigenvalue weighted by Crippen LogP contribution is -2.37. The van der Waals surface area contributed by atoms with Crippen LogP contribution in [0.5, 0.6) is 23.0 Å². The van der Waals surface area contributed by atoms with Gasteiger partial charge in [0.25, 0.3) is 0 Å². The second-order valence-electron chi connectivity index (χ2n) is 5.94. The van der Waals surface area contributed by atoms with Crippen molar-refractivity contribution in [2.75, 3.05) is 0 Å². The molecule has 0 bridgehead atoms. The van der Waals surface area contributed by atoms with Gasteiger partial charge in [-0.05, 0) is 32.0 Å². The Morgan fingerprint density at radius 3 is 2.09 bits per heavy atom. The number of phenolic OH excluding ortho intramolecular Hbond substituents is 4. The first kappa shape index (κ1) is 16.9. The quantitative estimate of drug-likeness (QED) is 0.369. The Bertz CT molecular complexity index is 774. The highest BCUT2D eigenvalue weighted by molar-refractivity contribution is 6.10. The van der Waals surface area contributed by atoms with Crippen molar-refractivity contribution >= 4 is 16.6 Å². The summed E-state index contributed by atoms with van der Waals surface area (Å²) in [5, 5.41) is 58.8. The van der Waals surface area contributed by atoms with Crippen LogP contribution in [0.3, 0.4) is 0 Å². The molecule has 2 rings (SSSR count). The van der Waals surface area contributed by atoms with Crippen LogP contribution in [-0.2, 0) is 0 Å². The summed E-state index contributed by atoms with van der Waals surface area (Å²) < 4.78 is 0. The molecule has 0 amide bonds. The first-order chi connectivity index (χ1) is 10.5.